The molecule has 1 amide bonds. The number of carbonyl (C=O) groups is 1. The lowest BCUT2D eigenvalue weighted by molar-refractivity contribution is -0.125. The van der Waals surface area contributed by atoms with Gasteiger partial charge in [0.2, 0.25) is 5.91 Å². The third-order valence-electron chi connectivity index (χ3n) is 5.09. The maximum absolute atomic E-state index is 12.6. The molecule has 0 radical (unpaired) electrons. The van der Waals surface area contributed by atoms with Gasteiger partial charge >= 0.3 is 0 Å². The molecule has 0 aliphatic carbocycles. The number of rotatable bonds is 9. The summed E-state index contributed by atoms with van der Waals surface area (Å²) in [5.74, 6) is 1.35. The topological polar surface area (TPSA) is 51.2 Å². The molecular weight excluding hydrogens is 392 g/mol. The Morgan fingerprint density at radius 2 is 1.71 bits per heavy atom. The van der Waals surface area contributed by atoms with E-state index in [9.17, 15) is 4.79 Å². The molecule has 166 valence electrons. The van der Waals surface area contributed by atoms with Crippen LogP contribution in [-0.2, 0) is 16.1 Å². The Bertz CT molecular complexity index is 874. The largest absolute Gasteiger partial charge is 0.490 e. The summed E-state index contributed by atoms with van der Waals surface area (Å²) in [5, 5.41) is 0. The van der Waals surface area contributed by atoms with E-state index in [0.717, 1.165) is 37.4 Å². The number of hydrogen-bond acceptors (Lipinski definition) is 5. The molecule has 6 heteroatoms. The van der Waals surface area contributed by atoms with Crippen LogP contribution in [0.1, 0.15) is 25.0 Å². The van der Waals surface area contributed by atoms with Gasteiger partial charge in [-0.15, -0.1) is 0 Å². The molecule has 3 rings (SSSR count). The molecule has 0 aromatic heterocycles. The molecule has 1 fully saturated rings. The highest BCUT2D eigenvalue weighted by atomic mass is 16.5. The molecule has 1 aliphatic heterocycles. The number of amides is 1. The van der Waals surface area contributed by atoms with E-state index in [0.29, 0.717) is 31.3 Å². The third-order valence-corrected chi connectivity index (χ3v) is 5.09. The van der Waals surface area contributed by atoms with Crippen LogP contribution in [0.25, 0.3) is 6.08 Å². The van der Waals surface area contributed by atoms with Crippen molar-refractivity contribution in [2.75, 3.05) is 51.5 Å². The van der Waals surface area contributed by atoms with Gasteiger partial charge in [-0.25, -0.2) is 0 Å². The van der Waals surface area contributed by atoms with Crippen LogP contribution in [0.5, 0.6) is 11.5 Å². The predicted octanol–water partition coefficient (Wildman–Crippen LogP) is 3.99. The molecule has 1 saturated heterocycles. The second-order valence-corrected chi connectivity index (χ2v) is 7.37. The van der Waals surface area contributed by atoms with Crippen molar-refractivity contribution in [2.45, 2.75) is 20.4 Å². The van der Waals surface area contributed by atoms with Crippen molar-refractivity contribution in [3.05, 3.63) is 59.7 Å². The van der Waals surface area contributed by atoms with Crippen molar-refractivity contribution >= 4 is 17.7 Å². The summed E-state index contributed by atoms with van der Waals surface area (Å²) in [6.07, 6.45) is 3.39. The Morgan fingerprint density at radius 1 is 1.03 bits per heavy atom. The Hall–Kier alpha value is -2.99. The molecule has 0 saturated carbocycles. The van der Waals surface area contributed by atoms with Gasteiger partial charge in [-0.05, 0) is 55.3 Å². The summed E-state index contributed by atoms with van der Waals surface area (Å²) >= 11 is 0. The van der Waals surface area contributed by atoms with Gasteiger partial charge in [0, 0.05) is 38.4 Å². The number of ether oxygens (including phenoxy) is 3. The van der Waals surface area contributed by atoms with E-state index in [1.165, 1.54) is 5.69 Å². The number of nitrogens with zero attached hydrogens (tertiary/aromatic N) is 2. The smallest absolute Gasteiger partial charge is 0.246 e. The molecule has 2 aromatic rings. The van der Waals surface area contributed by atoms with E-state index < -0.39 is 0 Å². The highest BCUT2D eigenvalue weighted by Crippen LogP contribution is 2.29. The zero-order valence-electron chi connectivity index (χ0n) is 18.7. The average Bonchev–Trinajstić information content (AvgIpc) is 2.80. The highest BCUT2D eigenvalue weighted by Gasteiger charge is 2.12. The van der Waals surface area contributed by atoms with Crippen LogP contribution < -0.4 is 14.4 Å². The Morgan fingerprint density at radius 3 is 2.39 bits per heavy atom. The van der Waals surface area contributed by atoms with Gasteiger partial charge in [0.05, 0.1) is 26.4 Å². The molecule has 0 N–H and O–H groups in total. The Balaban J connectivity index is 1.58. The number of benzene rings is 2. The summed E-state index contributed by atoms with van der Waals surface area (Å²) in [6.45, 7) is 8.93. The first-order chi connectivity index (χ1) is 15.1. The number of likely N-dealkylation sites (N-methyl/N-ethyl adjacent to an activating group) is 1. The van der Waals surface area contributed by atoms with Gasteiger partial charge in [-0.3, -0.25) is 4.79 Å². The molecule has 1 heterocycles. The SMILES string of the molecule is CCOc1ccc(/C=C/C(=O)N(C)Cc2ccc(N3CCOCC3)cc2)cc1OCC. The molecule has 31 heavy (non-hydrogen) atoms. The third kappa shape index (κ3) is 6.49. The van der Waals surface area contributed by atoms with Gasteiger partial charge in [0.1, 0.15) is 0 Å². The van der Waals surface area contributed by atoms with Gasteiger partial charge < -0.3 is 24.0 Å². The van der Waals surface area contributed by atoms with Crippen LogP contribution in [0.3, 0.4) is 0 Å². The summed E-state index contributed by atoms with van der Waals surface area (Å²) < 4.78 is 16.6. The van der Waals surface area contributed by atoms with Crippen LogP contribution >= 0.6 is 0 Å². The predicted molar refractivity (Wildman–Crippen MR) is 124 cm³/mol. The van der Waals surface area contributed by atoms with Crippen LogP contribution in [0, 0.1) is 0 Å². The number of morpholine rings is 1. The number of carbonyl (C=O) groups excluding carboxylic acids is 1. The quantitative estimate of drug-likeness (QED) is 0.570. The average molecular weight is 425 g/mol. The summed E-state index contributed by atoms with van der Waals surface area (Å²) in [4.78, 5) is 16.6. The molecule has 0 bridgehead atoms. The maximum Gasteiger partial charge on any atom is 0.246 e. The fourth-order valence-electron chi connectivity index (χ4n) is 3.45. The van der Waals surface area contributed by atoms with Crippen molar-refractivity contribution < 1.29 is 19.0 Å². The minimum absolute atomic E-state index is 0.0518. The van der Waals surface area contributed by atoms with Crippen molar-refractivity contribution in [1.82, 2.24) is 4.90 Å². The minimum Gasteiger partial charge on any atom is -0.490 e. The fourth-order valence-corrected chi connectivity index (χ4v) is 3.45. The van der Waals surface area contributed by atoms with Gasteiger partial charge in [0.25, 0.3) is 0 Å². The second kappa shape index (κ2) is 11.4. The molecule has 0 atom stereocenters. The van der Waals surface area contributed by atoms with Crippen molar-refractivity contribution in [1.29, 1.82) is 0 Å². The first-order valence-corrected chi connectivity index (χ1v) is 10.8. The van der Waals surface area contributed by atoms with E-state index in [2.05, 4.69) is 29.2 Å². The van der Waals surface area contributed by atoms with Gasteiger partial charge in [0.15, 0.2) is 11.5 Å². The van der Waals surface area contributed by atoms with Crippen LogP contribution in [0.4, 0.5) is 5.69 Å². The normalized spacial score (nSPS) is 14.0. The molecular formula is C25H32N2O4. The van der Waals surface area contributed by atoms with E-state index in [1.54, 1.807) is 17.1 Å². The summed E-state index contributed by atoms with van der Waals surface area (Å²) in [7, 11) is 1.81. The lowest BCUT2D eigenvalue weighted by atomic mass is 10.1. The molecule has 1 aliphatic rings. The monoisotopic (exact) mass is 424 g/mol. The highest BCUT2D eigenvalue weighted by molar-refractivity contribution is 5.91. The molecule has 0 spiro atoms. The standard InChI is InChI=1S/C25H32N2O4/c1-4-30-23-12-8-20(18-24(23)31-5-2)9-13-25(28)26(3)19-21-6-10-22(11-7-21)27-14-16-29-17-15-27/h6-13,18H,4-5,14-17,19H2,1-3H3/b13-9+. The lowest BCUT2D eigenvalue weighted by Crippen LogP contribution is -2.36. The van der Waals surface area contributed by atoms with Crippen LogP contribution in [0.15, 0.2) is 48.5 Å². The maximum atomic E-state index is 12.6. The van der Waals surface area contributed by atoms with E-state index in [1.807, 2.05) is 39.1 Å². The minimum atomic E-state index is -0.0518. The molecule has 6 nitrogen and oxygen atoms in total. The Labute approximate surface area is 185 Å². The first-order valence-electron chi connectivity index (χ1n) is 10.8. The second-order valence-electron chi connectivity index (χ2n) is 7.37. The molecule has 2 aromatic carbocycles. The number of anilines is 1. The zero-order valence-corrected chi connectivity index (χ0v) is 18.7. The van der Waals surface area contributed by atoms with E-state index in [4.69, 9.17) is 14.2 Å². The summed E-state index contributed by atoms with van der Waals surface area (Å²) in [5.41, 5.74) is 3.19. The molecule has 0 unspecified atom stereocenters. The van der Waals surface area contributed by atoms with Crippen molar-refractivity contribution in [3.8, 4) is 11.5 Å². The lowest BCUT2D eigenvalue weighted by Gasteiger charge is -2.29. The summed E-state index contributed by atoms with van der Waals surface area (Å²) in [6, 6.07) is 14.1. The van der Waals surface area contributed by atoms with Gasteiger partial charge in [-0.2, -0.15) is 0 Å². The first kappa shape index (κ1) is 22.7. The van der Waals surface area contributed by atoms with E-state index in [-0.39, 0.29) is 5.91 Å². The van der Waals surface area contributed by atoms with Gasteiger partial charge in [-0.1, -0.05) is 18.2 Å². The van der Waals surface area contributed by atoms with Crippen molar-refractivity contribution in [2.24, 2.45) is 0 Å². The van der Waals surface area contributed by atoms with Crippen LogP contribution in [-0.4, -0.2) is 57.4 Å². The Kier molecular flexibility index (Phi) is 8.35. The van der Waals surface area contributed by atoms with Crippen molar-refractivity contribution in [3.63, 3.8) is 0 Å². The van der Waals surface area contributed by atoms with Crippen LogP contribution in [0.2, 0.25) is 0 Å². The van der Waals surface area contributed by atoms with E-state index >= 15 is 0 Å². The zero-order chi connectivity index (χ0) is 22.1. The fraction of sp³-hybridized carbons (Fsp3) is 0.400. The number of hydrogen-bond donors (Lipinski definition) is 0.